The Labute approximate surface area is 141 Å². The molecule has 136 valence electrons. The maximum Gasteiger partial charge on any atom is 0.434 e. The minimum atomic E-state index is -4.93. The Kier molecular flexibility index (Phi) is 4.73. The summed E-state index contributed by atoms with van der Waals surface area (Å²) < 4.78 is 85.8. The van der Waals surface area contributed by atoms with Crippen molar-refractivity contribution in [3.8, 4) is 10.4 Å². The molecule has 0 fully saturated rings. The monoisotopic (exact) mass is 384 g/mol. The standard InChI is InChI=1S/C14H10F6N2O2S/c1-5-10(8-4-9(22-25-8)14(18,19)20)7(13(15,16)17)3-6(11(5)21)12(23)24-2/h3-4H,21H2,1-2H3. The van der Waals surface area contributed by atoms with Gasteiger partial charge in [0.05, 0.1) is 23.1 Å². The van der Waals surface area contributed by atoms with Crippen LogP contribution in [0.5, 0.6) is 0 Å². The lowest BCUT2D eigenvalue weighted by Crippen LogP contribution is -2.14. The maximum atomic E-state index is 13.4. The van der Waals surface area contributed by atoms with Crippen LogP contribution in [0.3, 0.4) is 0 Å². The van der Waals surface area contributed by atoms with E-state index in [0.29, 0.717) is 12.1 Å². The zero-order valence-electron chi connectivity index (χ0n) is 12.7. The van der Waals surface area contributed by atoms with Crippen molar-refractivity contribution in [1.82, 2.24) is 4.37 Å². The fraction of sp³-hybridized carbons (Fsp3) is 0.286. The molecule has 0 aliphatic carbocycles. The highest BCUT2D eigenvalue weighted by molar-refractivity contribution is 7.09. The molecule has 2 rings (SSSR count). The van der Waals surface area contributed by atoms with E-state index in [1.807, 2.05) is 0 Å². The van der Waals surface area contributed by atoms with Crippen LogP contribution < -0.4 is 5.73 Å². The summed E-state index contributed by atoms with van der Waals surface area (Å²) in [5.74, 6) is -1.09. The summed E-state index contributed by atoms with van der Waals surface area (Å²) in [7, 11) is 0.969. The largest absolute Gasteiger partial charge is 0.465 e. The zero-order valence-corrected chi connectivity index (χ0v) is 13.5. The second-order valence-corrected chi connectivity index (χ2v) is 5.75. The quantitative estimate of drug-likeness (QED) is 0.470. The summed E-state index contributed by atoms with van der Waals surface area (Å²) in [5, 5.41) is 0. The molecule has 0 aliphatic rings. The fourth-order valence-electron chi connectivity index (χ4n) is 2.18. The molecule has 0 aliphatic heterocycles. The highest BCUT2D eigenvalue weighted by Crippen LogP contribution is 2.44. The number of nitrogens with two attached hydrogens (primary N) is 1. The number of ether oxygens (including phenoxy) is 1. The maximum absolute atomic E-state index is 13.4. The van der Waals surface area contributed by atoms with Crippen LogP contribution in [-0.4, -0.2) is 17.5 Å². The van der Waals surface area contributed by atoms with Crippen LogP contribution in [0, 0.1) is 6.92 Å². The van der Waals surface area contributed by atoms with Crippen LogP contribution in [-0.2, 0) is 17.1 Å². The number of nitrogens with zero attached hydrogens (tertiary/aromatic N) is 1. The van der Waals surface area contributed by atoms with Crippen molar-refractivity contribution in [2.24, 2.45) is 0 Å². The van der Waals surface area contributed by atoms with Crippen LogP contribution in [0.1, 0.15) is 27.2 Å². The first-order valence-corrected chi connectivity index (χ1v) is 7.28. The predicted molar refractivity (Wildman–Crippen MR) is 78.0 cm³/mol. The Morgan fingerprint density at radius 1 is 1.16 bits per heavy atom. The number of methoxy groups -OCH3 is 1. The number of halogens is 6. The van der Waals surface area contributed by atoms with E-state index >= 15 is 0 Å². The molecule has 11 heteroatoms. The molecule has 2 N–H and O–H groups in total. The van der Waals surface area contributed by atoms with E-state index in [-0.39, 0.29) is 27.7 Å². The second kappa shape index (κ2) is 6.21. The average Bonchev–Trinajstić information content (AvgIpc) is 2.97. The number of aromatic nitrogens is 1. The van der Waals surface area contributed by atoms with Crippen molar-refractivity contribution < 1.29 is 35.9 Å². The first-order chi connectivity index (χ1) is 11.4. The number of carbonyl (C=O) groups excluding carboxylic acids is 1. The van der Waals surface area contributed by atoms with Crippen molar-refractivity contribution in [2.75, 3.05) is 12.8 Å². The first kappa shape index (κ1) is 19.0. The number of nitrogen functional groups attached to an aromatic ring is 1. The van der Waals surface area contributed by atoms with Gasteiger partial charge in [0.2, 0.25) is 0 Å². The lowest BCUT2D eigenvalue weighted by molar-refractivity contribution is -0.140. The number of hydrogen-bond donors (Lipinski definition) is 1. The van der Waals surface area contributed by atoms with Crippen LogP contribution in [0.15, 0.2) is 12.1 Å². The van der Waals surface area contributed by atoms with Crippen molar-refractivity contribution in [3.63, 3.8) is 0 Å². The first-order valence-electron chi connectivity index (χ1n) is 6.50. The number of carbonyl (C=O) groups is 1. The summed E-state index contributed by atoms with van der Waals surface area (Å²) in [6.45, 7) is 1.18. The SMILES string of the molecule is COC(=O)c1cc(C(F)(F)F)c(-c2cc(C(F)(F)F)ns2)c(C)c1N. The third-order valence-electron chi connectivity index (χ3n) is 3.38. The average molecular weight is 384 g/mol. The molecule has 0 saturated carbocycles. The third-order valence-corrected chi connectivity index (χ3v) is 4.19. The molecule has 0 bridgehead atoms. The van der Waals surface area contributed by atoms with E-state index in [1.54, 1.807) is 0 Å². The van der Waals surface area contributed by atoms with Crippen molar-refractivity contribution in [2.45, 2.75) is 19.3 Å². The number of rotatable bonds is 2. The van der Waals surface area contributed by atoms with Crippen molar-refractivity contribution in [3.05, 3.63) is 34.5 Å². The predicted octanol–water partition coefficient (Wildman–Crippen LogP) is 4.52. The zero-order chi connectivity index (χ0) is 19.2. The molecular formula is C14H10F6N2O2S. The minimum absolute atomic E-state index is 0.187. The number of benzene rings is 1. The van der Waals surface area contributed by atoms with Gasteiger partial charge in [0, 0.05) is 11.3 Å². The van der Waals surface area contributed by atoms with Gasteiger partial charge in [0.25, 0.3) is 0 Å². The molecular weight excluding hydrogens is 374 g/mol. The normalized spacial score (nSPS) is 12.3. The van der Waals surface area contributed by atoms with E-state index in [0.717, 1.165) is 7.11 Å². The molecule has 0 unspecified atom stereocenters. The number of hydrogen-bond acceptors (Lipinski definition) is 5. The molecule has 0 atom stereocenters. The molecule has 1 aromatic heterocycles. The lowest BCUT2D eigenvalue weighted by Gasteiger charge is -2.18. The number of anilines is 1. The highest BCUT2D eigenvalue weighted by atomic mass is 32.1. The number of alkyl halides is 6. The summed E-state index contributed by atoms with van der Waals surface area (Å²) in [5.41, 5.74) is 1.53. The van der Waals surface area contributed by atoms with Gasteiger partial charge in [-0.2, -0.15) is 30.7 Å². The Morgan fingerprint density at radius 3 is 2.20 bits per heavy atom. The summed E-state index contributed by atoms with van der Waals surface area (Å²) in [4.78, 5) is 11.3. The van der Waals surface area contributed by atoms with Crippen molar-refractivity contribution in [1.29, 1.82) is 0 Å². The fourth-order valence-corrected chi connectivity index (χ4v) is 3.05. The Bertz CT molecular complexity index is 826. The molecule has 0 spiro atoms. The third kappa shape index (κ3) is 3.55. The van der Waals surface area contributed by atoms with E-state index in [2.05, 4.69) is 9.11 Å². The van der Waals surface area contributed by atoms with E-state index in [1.165, 1.54) is 6.92 Å². The molecule has 0 saturated heterocycles. The van der Waals surface area contributed by atoms with Gasteiger partial charge in [-0.15, -0.1) is 0 Å². The summed E-state index contributed by atoms with van der Waals surface area (Å²) in [6, 6.07) is 0.982. The highest BCUT2D eigenvalue weighted by Gasteiger charge is 2.39. The Hall–Kier alpha value is -2.30. The van der Waals surface area contributed by atoms with Crippen molar-refractivity contribution >= 4 is 23.2 Å². The molecule has 1 heterocycles. The Morgan fingerprint density at radius 2 is 1.76 bits per heavy atom. The van der Waals surface area contributed by atoms with Gasteiger partial charge in [0.1, 0.15) is 0 Å². The van der Waals surface area contributed by atoms with Gasteiger partial charge in [0.15, 0.2) is 5.69 Å². The molecule has 25 heavy (non-hydrogen) atoms. The van der Waals surface area contributed by atoms with E-state index in [9.17, 15) is 31.1 Å². The smallest absolute Gasteiger partial charge is 0.434 e. The minimum Gasteiger partial charge on any atom is -0.465 e. The van der Waals surface area contributed by atoms with Gasteiger partial charge < -0.3 is 10.5 Å². The lowest BCUT2D eigenvalue weighted by atomic mass is 9.94. The van der Waals surface area contributed by atoms with Gasteiger partial charge in [-0.3, -0.25) is 0 Å². The van der Waals surface area contributed by atoms with Crippen LogP contribution in [0.2, 0.25) is 0 Å². The van der Waals surface area contributed by atoms with Gasteiger partial charge in [-0.1, -0.05) is 0 Å². The van der Waals surface area contributed by atoms with Gasteiger partial charge in [-0.25, -0.2) is 4.79 Å². The number of esters is 1. The van der Waals surface area contributed by atoms with E-state index < -0.39 is 40.7 Å². The molecule has 0 amide bonds. The summed E-state index contributed by atoms with van der Waals surface area (Å²) in [6.07, 6.45) is -9.72. The Balaban J connectivity index is 2.79. The summed E-state index contributed by atoms with van der Waals surface area (Å²) >= 11 is 0.261. The molecule has 2 aromatic rings. The molecule has 0 radical (unpaired) electrons. The van der Waals surface area contributed by atoms with Crippen LogP contribution >= 0.6 is 11.5 Å². The molecule has 4 nitrogen and oxygen atoms in total. The molecule has 1 aromatic carbocycles. The van der Waals surface area contributed by atoms with Crippen LogP contribution in [0.25, 0.3) is 10.4 Å². The van der Waals surface area contributed by atoms with Gasteiger partial charge >= 0.3 is 18.3 Å². The second-order valence-electron chi connectivity index (χ2n) is 4.95. The van der Waals surface area contributed by atoms with Crippen LogP contribution in [0.4, 0.5) is 32.0 Å². The van der Waals surface area contributed by atoms with E-state index in [4.69, 9.17) is 5.73 Å². The van der Waals surface area contributed by atoms with Gasteiger partial charge in [-0.05, 0) is 36.2 Å². The topological polar surface area (TPSA) is 65.2 Å².